The number of hydrogen-bond donors (Lipinski definition) is 5. The first-order valence-corrected chi connectivity index (χ1v) is 16.3. The minimum absolute atomic E-state index is 0.0190. The molecule has 2 fully saturated rings. The molecule has 1 aliphatic heterocycles. The number of aromatic nitrogens is 2. The zero-order chi connectivity index (χ0) is 35.2. The van der Waals surface area contributed by atoms with Crippen LogP contribution in [0.15, 0.2) is 41.3 Å². The fourth-order valence-electron chi connectivity index (χ4n) is 5.97. The molecule has 5 amide bonds. The highest BCUT2D eigenvalue weighted by molar-refractivity contribution is 5.90. The summed E-state index contributed by atoms with van der Waals surface area (Å²) in [7, 11) is 0. The van der Waals surface area contributed by atoms with Crippen LogP contribution in [0.5, 0.6) is 0 Å². The Balaban J connectivity index is 1.25. The number of carbonyl (C=O) groups is 4. The lowest BCUT2D eigenvalue weighted by molar-refractivity contribution is -0.138. The molecule has 2 aromatic rings. The summed E-state index contributed by atoms with van der Waals surface area (Å²) in [6.07, 6.45) is 2.46. The lowest BCUT2D eigenvalue weighted by atomic mass is 9.82. The summed E-state index contributed by atoms with van der Waals surface area (Å²) in [5, 5.41) is 20.5. The predicted octanol–water partition coefficient (Wildman–Crippen LogP) is 3.13. The van der Waals surface area contributed by atoms with Crippen molar-refractivity contribution in [2.45, 2.75) is 90.6 Å². The normalized spacial score (nSPS) is 20.1. The number of rotatable bonds is 8. The third-order valence-electron chi connectivity index (χ3n) is 8.53. The van der Waals surface area contributed by atoms with Gasteiger partial charge in [0.15, 0.2) is 0 Å². The average Bonchev–Trinajstić information content (AvgIpc) is 3.00. The lowest BCUT2D eigenvalue weighted by Gasteiger charge is -2.38. The molecule has 1 saturated carbocycles. The number of carboxylic acid groups (broad SMARTS) is 1. The van der Waals surface area contributed by atoms with Crippen LogP contribution in [0.25, 0.3) is 5.69 Å². The van der Waals surface area contributed by atoms with E-state index in [0.29, 0.717) is 18.3 Å². The highest BCUT2D eigenvalue weighted by Gasteiger charge is 2.37. The van der Waals surface area contributed by atoms with Crippen LogP contribution >= 0.6 is 0 Å². The summed E-state index contributed by atoms with van der Waals surface area (Å²) < 4.78 is 6.67. The number of benzene rings is 1. The minimum Gasteiger partial charge on any atom is -0.465 e. The molecule has 4 rings (SSSR count). The fourth-order valence-corrected chi connectivity index (χ4v) is 5.97. The molecule has 262 valence electrons. The van der Waals surface area contributed by atoms with Gasteiger partial charge in [0.1, 0.15) is 17.0 Å². The number of hydrogen-bond acceptors (Lipinski definition) is 8. The molecule has 2 heterocycles. The number of nitrogens with one attached hydrogen (secondary N) is 4. The monoisotopic (exact) mass is 668 g/mol. The van der Waals surface area contributed by atoms with Crippen molar-refractivity contribution in [1.29, 1.82) is 0 Å². The predicted molar refractivity (Wildman–Crippen MR) is 179 cm³/mol. The largest absolute Gasteiger partial charge is 0.465 e. The Labute approximate surface area is 280 Å². The van der Waals surface area contributed by atoms with Crippen LogP contribution in [-0.2, 0) is 16.1 Å². The van der Waals surface area contributed by atoms with E-state index < -0.39 is 35.0 Å². The molecule has 1 aromatic carbocycles. The standard InChI is InChI=1S/C33H48N8O7/c1-21-19-23(9-12-25(21)35-30(45)46)34-20-22-7-10-24(11-8-22)41-14-13-26(37-29(41)44)36-28(43)40-17-15-39(16-18-40)27(42)33(5,6)38-31(47)48-32(2,3)4/h7-8,10-11,13-14,21,23,25,34-35H,9,12,15-20H2,1-6H3,(H,38,47)(H,45,46)(H,36,37,43,44). The van der Waals surface area contributed by atoms with Crippen LogP contribution in [0.2, 0.25) is 0 Å². The maximum atomic E-state index is 13.1. The number of piperazine rings is 1. The average molecular weight is 669 g/mol. The van der Waals surface area contributed by atoms with Gasteiger partial charge in [0.05, 0.1) is 5.69 Å². The number of urea groups is 1. The van der Waals surface area contributed by atoms with Crippen LogP contribution in [0, 0.1) is 5.92 Å². The zero-order valence-electron chi connectivity index (χ0n) is 28.5. The third kappa shape index (κ3) is 9.92. The number of anilines is 1. The minimum atomic E-state index is -1.19. The van der Waals surface area contributed by atoms with E-state index in [0.717, 1.165) is 24.8 Å². The van der Waals surface area contributed by atoms with Crippen LogP contribution in [-0.4, -0.2) is 98.0 Å². The number of nitrogens with zero attached hydrogens (tertiary/aromatic N) is 4. The molecular weight excluding hydrogens is 620 g/mol. The molecule has 1 saturated heterocycles. The highest BCUT2D eigenvalue weighted by atomic mass is 16.6. The SMILES string of the molecule is CC1CC(NCc2ccc(-n3ccc(NC(=O)N4CCN(C(=O)C(C)(C)NC(=O)OC(C)(C)C)CC4)nc3=O)cc2)CCC1NC(=O)O. The first-order chi connectivity index (χ1) is 22.5. The van der Waals surface area contributed by atoms with Gasteiger partial charge in [-0.1, -0.05) is 19.1 Å². The Kier molecular flexibility index (Phi) is 11.3. The van der Waals surface area contributed by atoms with E-state index in [-0.39, 0.29) is 49.9 Å². The van der Waals surface area contributed by atoms with Gasteiger partial charge in [-0.05, 0) is 83.6 Å². The number of carbonyl (C=O) groups excluding carboxylic acids is 3. The van der Waals surface area contributed by atoms with Crippen molar-refractivity contribution in [3.63, 3.8) is 0 Å². The molecule has 3 unspecified atom stereocenters. The summed E-state index contributed by atoms with van der Waals surface area (Å²) >= 11 is 0. The van der Waals surface area contributed by atoms with Crippen molar-refractivity contribution < 1.29 is 29.0 Å². The molecule has 48 heavy (non-hydrogen) atoms. The first-order valence-electron chi connectivity index (χ1n) is 16.3. The van der Waals surface area contributed by atoms with Gasteiger partial charge in [-0.25, -0.2) is 19.2 Å². The van der Waals surface area contributed by atoms with Gasteiger partial charge < -0.3 is 35.6 Å². The molecule has 2 aliphatic rings. The Morgan fingerprint density at radius 3 is 2.19 bits per heavy atom. The van der Waals surface area contributed by atoms with Crippen molar-refractivity contribution in [2.24, 2.45) is 5.92 Å². The number of amides is 5. The van der Waals surface area contributed by atoms with Crippen molar-refractivity contribution in [1.82, 2.24) is 35.3 Å². The van der Waals surface area contributed by atoms with Crippen molar-refractivity contribution in [3.05, 3.63) is 52.6 Å². The summed E-state index contributed by atoms with van der Waals surface area (Å²) in [5.41, 5.74) is -0.757. The van der Waals surface area contributed by atoms with Gasteiger partial charge in [-0.2, -0.15) is 4.98 Å². The molecule has 3 atom stereocenters. The van der Waals surface area contributed by atoms with Crippen LogP contribution in [0.3, 0.4) is 0 Å². The van der Waals surface area contributed by atoms with Crippen LogP contribution in [0.1, 0.15) is 66.4 Å². The van der Waals surface area contributed by atoms with E-state index in [1.54, 1.807) is 51.8 Å². The van der Waals surface area contributed by atoms with Crippen LogP contribution < -0.4 is 27.0 Å². The maximum Gasteiger partial charge on any atom is 0.408 e. The van der Waals surface area contributed by atoms with Crippen molar-refractivity contribution in [2.75, 3.05) is 31.5 Å². The van der Waals surface area contributed by atoms with E-state index in [2.05, 4.69) is 33.2 Å². The molecule has 1 aromatic heterocycles. The van der Waals surface area contributed by atoms with E-state index in [4.69, 9.17) is 9.84 Å². The summed E-state index contributed by atoms with van der Waals surface area (Å²) in [4.78, 5) is 69.3. The molecule has 1 aliphatic carbocycles. The van der Waals surface area contributed by atoms with Gasteiger partial charge >= 0.3 is 23.9 Å². The molecule has 0 bridgehead atoms. The van der Waals surface area contributed by atoms with Gasteiger partial charge in [0, 0.05) is 51.0 Å². The summed E-state index contributed by atoms with van der Waals surface area (Å²) in [5.74, 6) is 0.0784. The van der Waals surface area contributed by atoms with E-state index in [1.807, 2.05) is 24.3 Å². The second-order valence-electron chi connectivity index (χ2n) is 14.0. The van der Waals surface area contributed by atoms with Gasteiger partial charge in [0.2, 0.25) is 5.91 Å². The first kappa shape index (κ1) is 36.2. The lowest BCUT2D eigenvalue weighted by Crippen LogP contribution is -2.60. The number of alkyl carbamates (subject to hydrolysis) is 1. The maximum absolute atomic E-state index is 13.1. The molecule has 15 nitrogen and oxygen atoms in total. The highest BCUT2D eigenvalue weighted by Crippen LogP contribution is 2.25. The fraction of sp³-hybridized carbons (Fsp3) is 0.576. The van der Waals surface area contributed by atoms with Crippen molar-refractivity contribution in [3.8, 4) is 5.69 Å². The van der Waals surface area contributed by atoms with Gasteiger partial charge in [-0.15, -0.1) is 0 Å². The number of ether oxygens (including phenoxy) is 1. The van der Waals surface area contributed by atoms with Gasteiger partial charge in [0.25, 0.3) is 0 Å². The second kappa shape index (κ2) is 15.0. The summed E-state index contributed by atoms with van der Waals surface area (Å²) in [6, 6.07) is 8.93. The van der Waals surface area contributed by atoms with Crippen molar-refractivity contribution >= 4 is 29.9 Å². The summed E-state index contributed by atoms with van der Waals surface area (Å²) in [6.45, 7) is 12.2. The molecule has 0 spiro atoms. The van der Waals surface area contributed by atoms with E-state index >= 15 is 0 Å². The molecule has 15 heteroatoms. The Hall–Kier alpha value is -4.66. The quantitative estimate of drug-likeness (QED) is 0.282. The zero-order valence-corrected chi connectivity index (χ0v) is 28.5. The van der Waals surface area contributed by atoms with E-state index in [9.17, 15) is 24.0 Å². The Bertz CT molecular complexity index is 1530. The van der Waals surface area contributed by atoms with Crippen LogP contribution in [0.4, 0.5) is 20.2 Å². The molecular formula is C33H48N8O7. The third-order valence-corrected chi connectivity index (χ3v) is 8.53. The molecule has 5 N–H and O–H groups in total. The topological polar surface area (TPSA) is 187 Å². The molecule has 0 radical (unpaired) electrons. The smallest absolute Gasteiger partial charge is 0.408 e. The van der Waals surface area contributed by atoms with E-state index in [1.165, 1.54) is 9.47 Å². The Morgan fingerprint density at radius 1 is 0.958 bits per heavy atom. The van der Waals surface area contributed by atoms with Gasteiger partial charge in [-0.3, -0.25) is 14.7 Å². The Morgan fingerprint density at radius 2 is 1.60 bits per heavy atom. The second-order valence-corrected chi connectivity index (χ2v) is 14.0.